The van der Waals surface area contributed by atoms with Gasteiger partial charge in [0.05, 0.1) is 54.4 Å². The molecule has 0 radical (unpaired) electrons. The van der Waals surface area contributed by atoms with Crippen molar-refractivity contribution in [3.05, 3.63) is 147 Å². The summed E-state index contributed by atoms with van der Waals surface area (Å²) in [6.07, 6.45) is -51.7. The molecule has 0 atom stereocenters. The molecule has 0 fully saturated rings. The van der Waals surface area contributed by atoms with Gasteiger partial charge in [-0.1, -0.05) is 48.5 Å². The van der Waals surface area contributed by atoms with Crippen molar-refractivity contribution in [1.29, 1.82) is 0 Å². The largest absolute Gasteiger partial charge is 0.427 e. The van der Waals surface area contributed by atoms with Crippen molar-refractivity contribution in [2.24, 2.45) is 0 Å². The summed E-state index contributed by atoms with van der Waals surface area (Å²) in [4.78, 5) is 22.4. The number of carbonyl (C=O) groups is 2. The van der Waals surface area contributed by atoms with Crippen LogP contribution in [-0.4, -0.2) is 36.2 Å². The smallest absolute Gasteiger partial charge is 0.416 e. The van der Waals surface area contributed by atoms with E-state index in [0.717, 1.165) is 0 Å². The van der Waals surface area contributed by atoms with Crippen LogP contribution < -0.4 is 26.6 Å². The predicted octanol–water partition coefficient (Wildman–Crippen LogP) is 12.8. The summed E-state index contributed by atoms with van der Waals surface area (Å²) in [6, 6.07) is -2.60. The number of benzene rings is 5. The van der Waals surface area contributed by atoms with Gasteiger partial charge in [0, 0.05) is 12.5 Å². The minimum absolute atomic E-state index is 0.0277. The van der Waals surface area contributed by atoms with Gasteiger partial charge in [0.2, 0.25) is 5.78 Å². The first-order valence-electron chi connectivity index (χ1n) is 19.6. The molecule has 5 aromatic rings. The van der Waals surface area contributed by atoms with Crippen LogP contribution in [-0.2, 0) is 68.3 Å². The highest BCUT2D eigenvalue weighted by Gasteiger charge is 2.47. The highest BCUT2D eigenvalue weighted by Crippen LogP contribution is 2.41. The molecule has 0 heterocycles. The minimum Gasteiger partial charge on any atom is -0.427 e. The lowest BCUT2D eigenvalue weighted by molar-refractivity contribution is -0.144. The fraction of sp³-hybridized carbons (Fsp3) is 0.273. The number of hydrogen-bond acceptors (Lipinski definition) is 4. The molecular formula is C44H27BF24O4S. The maximum Gasteiger partial charge on any atom is 0.416 e. The second kappa shape index (κ2) is 20.1. The number of Topliss-reactive ketones (excluding diaryl/α,β-unsaturated/α-hetero) is 1. The molecule has 0 saturated carbocycles. The second-order valence-electron chi connectivity index (χ2n) is 16.3. The first-order chi connectivity index (χ1) is 33.0. The minimum atomic E-state index is -6.13. The Kier molecular flexibility index (Phi) is 16.4. The van der Waals surface area contributed by atoms with E-state index in [0.29, 0.717) is 11.3 Å². The highest BCUT2D eigenvalue weighted by atomic mass is 32.2. The van der Waals surface area contributed by atoms with Gasteiger partial charge >= 0.3 is 55.4 Å². The van der Waals surface area contributed by atoms with Crippen LogP contribution in [0.4, 0.5) is 105 Å². The maximum absolute atomic E-state index is 14.2. The van der Waals surface area contributed by atoms with Crippen LogP contribution in [0.5, 0.6) is 5.75 Å². The molecule has 404 valence electrons. The molecule has 0 N–H and O–H groups in total. The summed E-state index contributed by atoms with van der Waals surface area (Å²) in [7, 11) is -2.09. The molecule has 30 heteroatoms. The molecule has 0 unspecified atom stereocenters. The van der Waals surface area contributed by atoms with Gasteiger partial charge in [0.25, 0.3) is 0 Å². The van der Waals surface area contributed by atoms with Gasteiger partial charge < -0.3 is 4.74 Å². The lowest BCUT2D eigenvalue weighted by Crippen LogP contribution is -2.75. The van der Waals surface area contributed by atoms with E-state index < -0.39 is 211 Å². The van der Waals surface area contributed by atoms with Crippen molar-refractivity contribution >= 4 is 49.7 Å². The molecule has 0 aliphatic rings. The van der Waals surface area contributed by atoms with Gasteiger partial charge in [-0.2, -0.15) is 127 Å². The molecule has 0 aromatic heterocycles. The van der Waals surface area contributed by atoms with Crippen molar-refractivity contribution < 1.29 is 124 Å². The standard InChI is InChI=1S/C32H12BF24.C12H15O4S/c34-25(35,36)13-1-14(26(37,38)39)6-21(5-13)33(22-7-15(27(40,41)42)2-16(8-22)28(43,44)45,23-9-17(29(46,47)48)3-18(10-23)30(49,50)51)24-11-19(31(52,53)54)4-20(12-24)32(55,56)57;1-9(13)16-11-6-4-10(5-7-11)12(14)8-17(2,3)15/h1-12H;4-7H,8H2,1-3H3/q-1;+1. The zero-order valence-corrected chi connectivity index (χ0v) is 37.5. The Morgan fingerprint density at radius 1 is 0.392 bits per heavy atom. The van der Waals surface area contributed by atoms with E-state index in [9.17, 15) is 119 Å². The van der Waals surface area contributed by atoms with Crippen LogP contribution in [0, 0.1) is 0 Å². The lowest BCUT2D eigenvalue weighted by atomic mass is 9.12. The Bertz CT molecular complexity index is 2500. The molecule has 5 aromatic carbocycles. The molecule has 0 aliphatic heterocycles. The van der Waals surface area contributed by atoms with E-state index >= 15 is 0 Å². The summed E-state index contributed by atoms with van der Waals surface area (Å²) in [5.74, 6) is -0.161. The average Bonchev–Trinajstić information content (AvgIpc) is 3.21. The summed E-state index contributed by atoms with van der Waals surface area (Å²) in [5.41, 5.74) is -29.7. The number of halogens is 24. The Morgan fingerprint density at radius 3 is 0.757 bits per heavy atom. The zero-order chi connectivity index (χ0) is 57.0. The molecule has 4 nitrogen and oxygen atoms in total. The summed E-state index contributed by atoms with van der Waals surface area (Å²) < 4.78 is 357. The molecule has 74 heavy (non-hydrogen) atoms. The van der Waals surface area contributed by atoms with E-state index in [-0.39, 0.29) is 11.5 Å². The van der Waals surface area contributed by atoms with E-state index in [1.165, 1.54) is 6.92 Å². The van der Waals surface area contributed by atoms with Crippen molar-refractivity contribution in [3.63, 3.8) is 0 Å². The quantitative estimate of drug-likeness (QED) is 0.0388. The fourth-order valence-electron chi connectivity index (χ4n) is 7.34. The number of carbonyl (C=O) groups excluding carboxylic acids is 2. The van der Waals surface area contributed by atoms with Gasteiger partial charge in [0.1, 0.15) is 24.4 Å². The summed E-state index contributed by atoms with van der Waals surface area (Å²) in [6.45, 7) is 1.31. The lowest BCUT2D eigenvalue weighted by Gasteiger charge is -2.46. The van der Waals surface area contributed by atoms with Gasteiger partial charge in [-0.25, -0.2) is 0 Å². The van der Waals surface area contributed by atoms with Gasteiger partial charge in [-0.05, 0) is 48.5 Å². The SMILES string of the molecule is CC(=O)Oc1ccc(C(=O)C[S+](C)(C)=O)cc1.FC(F)(F)c1cc([B-](c2cc(C(F)(F)F)cc(C(F)(F)F)c2)(c2cc(C(F)(F)F)cc(C(F)(F)F)c2)c2cc(C(F)(F)F)cc(C(F)(F)F)c2)cc(C(F)(F)F)c1. The van der Waals surface area contributed by atoms with Gasteiger partial charge in [-0.3, -0.25) is 9.59 Å². The normalized spacial score (nSPS) is 13.6. The third-order valence-corrected chi connectivity index (χ3v) is 11.3. The first-order valence-corrected chi connectivity index (χ1v) is 22.2. The van der Waals surface area contributed by atoms with Crippen LogP contribution in [0.15, 0.2) is 97.1 Å². The van der Waals surface area contributed by atoms with Gasteiger partial charge in [0.15, 0.2) is 5.75 Å². The maximum atomic E-state index is 14.2. The molecule has 0 spiro atoms. The summed E-state index contributed by atoms with van der Waals surface area (Å²) in [5, 5.41) is 0. The van der Waals surface area contributed by atoms with E-state index in [1.807, 2.05) is 0 Å². The molecule has 5 rings (SSSR count). The highest BCUT2D eigenvalue weighted by molar-refractivity contribution is 8.02. The van der Waals surface area contributed by atoms with Crippen molar-refractivity contribution in [2.45, 2.75) is 56.3 Å². The van der Waals surface area contributed by atoms with E-state index in [2.05, 4.69) is 0 Å². The Balaban J connectivity index is 0.000000589. The number of rotatable bonds is 8. The van der Waals surface area contributed by atoms with Crippen LogP contribution in [0.25, 0.3) is 0 Å². The third-order valence-electron chi connectivity index (χ3n) is 10.4. The van der Waals surface area contributed by atoms with Crippen LogP contribution >= 0.6 is 0 Å². The van der Waals surface area contributed by atoms with Crippen LogP contribution in [0.3, 0.4) is 0 Å². The van der Waals surface area contributed by atoms with Crippen molar-refractivity contribution in [1.82, 2.24) is 0 Å². The summed E-state index contributed by atoms with van der Waals surface area (Å²) >= 11 is 0. The van der Waals surface area contributed by atoms with E-state index in [1.54, 1.807) is 36.8 Å². The molecular weight excluding hydrogens is 1090 g/mol. The number of hydrogen-bond donors (Lipinski definition) is 0. The second-order valence-corrected chi connectivity index (χ2v) is 19.5. The molecule has 0 amide bonds. The Labute approximate surface area is 400 Å². The fourth-order valence-corrected chi connectivity index (χ4v) is 8.14. The molecule has 0 saturated heterocycles. The Hall–Kier alpha value is -6.23. The first kappa shape index (κ1) is 60.3. The van der Waals surface area contributed by atoms with Crippen molar-refractivity contribution in [2.75, 3.05) is 18.3 Å². The number of ether oxygens (including phenoxy) is 1. The van der Waals surface area contributed by atoms with Crippen molar-refractivity contribution in [3.8, 4) is 5.75 Å². The molecule has 0 aliphatic carbocycles. The Morgan fingerprint density at radius 2 is 0.595 bits per heavy atom. The number of ketones is 1. The van der Waals surface area contributed by atoms with Gasteiger partial charge in [-0.15, -0.1) is 4.21 Å². The van der Waals surface area contributed by atoms with Crippen LogP contribution in [0.2, 0.25) is 0 Å². The number of alkyl halides is 24. The van der Waals surface area contributed by atoms with Crippen LogP contribution in [0.1, 0.15) is 61.8 Å². The third kappa shape index (κ3) is 14.8. The van der Waals surface area contributed by atoms with E-state index in [4.69, 9.17) is 4.74 Å². The topological polar surface area (TPSA) is 60.4 Å². The average molecular weight is 1120 g/mol. The molecule has 0 bridgehead atoms. The number of esters is 1. The monoisotopic (exact) mass is 1120 g/mol. The predicted molar refractivity (Wildman–Crippen MR) is 217 cm³/mol. The zero-order valence-electron chi connectivity index (χ0n) is 36.6.